The second-order valence-electron chi connectivity index (χ2n) is 4.87. The minimum Gasteiger partial charge on any atom is -0.479 e. The molecule has 4 nitrogen and oxygen atoms in total. The van der Waals surface area contributed by atoms with Crippen LogP contribution < -0.4 is 0 Å². The number of aryl methyl sites for hydroxylation is 2. The Morgan fingerprint density at radius 2 is 2.05 bits per heavy atom. The number of ether oxygens (including phenoxy) is 1. The quantitative estimate of drug-likeness (QED) is 0.884. The summed E-state index contributed by atoms with van der Waals surface area (Å²) in [5.41, 5.74) is 3.27. The van der Waals surface area contributed by atoms with Crippen molar-refractivity contribution in [1.29, 1.82) is 0 Å². The van der Waals surface area contributed by atoms with Crippen molar-refractivity contribution >= 4 is 17.3 Å². The lowest BCUT2D eigenvalue weighted by Crippen LogP contribution is -2.19. The summed E-state index contributed by atoms with van der Waals surface area (Å²) < 4.78 is 5.33. The predicted molar refractivity (Wildman–Crippen MR) is 83.6 cm³/mol. The van der Waals surface area contributed by atoms with E-state index in [4.69, 9.17) is 9.84 Å². The molecule has 1 aromatic carbocycles. The molecule has 0 fully saturated rings. The third kappa shape index (κ3) is 3.89. The van der Waals surface area contributed by atoms with Crippen LogP contribution in [0.2, 0.25) is 0 Å². The number of hydrogen-bond acceptors (Lipinski definition) is 4. The molecule has 1 unspecified atom stereocenters. The van der Waals surface area contributed by atoms with Crippen molar-refractivity contribution in [2.45, 2.75) is 39.9 Å². The van der Waals surface area contributed by atoms with E-state index in [-0.39, 0.29) is 6.61 Å². The van der Waals surface area contributed by atoms with Crippen LogP contribution in [-0.2, 0) is 22.6 Å². The average Bonchev–Trinajstić information content (AvgIpc) is 2.86. The van der Waals surface area contributed by atoms with Gasteiger partial charge in [-0.25, -0.2) is 9.78 Å². The van der Waals surface area contributed by atoms with Crippen LogP contribution >= 0.6 is 11.3 Å². The zero-order valence-electron chi connectivity index (χ0n) is 12.4. The topological polar surface area (TPSA) is 59.4 Å². The summed E-state index contributed by atoms with van der Waals surface area (Å²) in [6.07, 6.45) is 0.211. The summed E-state index contributed by atoms with van der Waals surface area (Å²) in [5.74, 6) is -0.951. The van der Waals surface area contributed by atoms with Crippen LogP contribution in [0.15, 0.2) is 24.3 Å². The van der Waals surface area contributed by atoms with Gasteiger partial charge in [0.25, 0.3) is 0 Å². The smallest absolute Gasteiger partial charge is 0.332 e. The highest BCUT2D eigenvalue weighted by molar-refractivity contribution is 7.15. The van der Waals surface area contributed by atoms with E-state index in [1.807, 2.05) is 6.92 Å². The molecule has 5 heteroatoms. The van der Waals surface area contributed by atoms with Gasteiger partial charge in [0.15, 0.2) is 6.10 Å². The minimum atomic E-state index is -0.951. The minimum absolute atomic E-state index is 0.282. The first-order chi connectivity index (χ1) is 10.0. The first-order valence-corrected chi connectivity index (χ1v) is 7.73. The van der Waals surface area contributed by atoms with Gasteiger partial charge in [-0.05, 0) is 25.8 Å². The van der Waals surface area contributed by atoms with E-state index in [9.17, 15) is 4.79 Å². The van der Waals surface area contributed by atoms with Crippen molar-refractivity contribution < 1.29 is 14.6 Å². The highest BCUT2D eigenvalue weighted by atomic mass is 32.1. The van der Waals surface area contributed by atoms with E-state index in [0.717, 1.165) is 27.6 Å². The van der Waals surface area contributed by atoms with E-state index >= 15 is 0 Å². The van der Waals surface area contributed by atoms with Crippen LogP contribution in [0, 0.1) is 6.92 Å². The zero-order chi connectivity index (χ0) is 15.4. The number of aliphatic carboxylic acids is 1. The van der Waals surface area contributed by atoms with E-state index in [1.54, 1.807) is 11.3 Å². The van der Waals surface area contributed by atoms with Crippen molar-refractivity contribution in [3.63, 3.8) is 0 Å². The van der Waals surface area contributed by atoms with Crippen LogP contribution in [0.5, 0.6) is 0 Å². The Labute approximate surface area is 128 Å². The van der Waals surface area contributed by atoms with Gasteiger partial charge < -0.3 is 9.84 Å². The number of carbonyl (C=O) groups is 1. The fourth-order valence-electron chi connectivity index (χ4n) is 1.84. The Morgan fingerprint density at radius 3 is 2.62 bits per heavy atom. The third-order valence-electron chi connectivity index (χ3n) is 3.31. The Bertz CT molecular complexity index is 619. The van der Waals surface area contributed by atoms with E-state index in [1.165, 1.54) is 12.5 Å². The summed E-state index contributed by atoms with van der Waals surface area (Å²) >= 11 is 1.55. The number of carboxylic acids is 1. The third-order valence-corrected chi connectivity index (χ3v) is 4.49. The van der Waals surface area contributed by atoms with Crippen LogP contribution in [0.1, 0.15) is 30.0 Å². The molecule has 21 heavy (non-hydrogen) atoms. The van der Waals surface area contributed by atoms with E-state index in [0.29, 0.717) is 0 Å². The number of thiazole rings is 1. The molecule has 0 aliphatic rings. The highest BCUT2D eigenvalue weighted by Gasteiger charge is 2.14. The summed E-state index contributed by atoms with van der Waals surface area (Å²) in [6, 6.07) is 8.35. The monoisotopic (exact) mass is 305 g/mol. The van der Waals surface area contributed by atoms with E-state index < -0.39 is 12.1 Å². The molecule has 0 saturated carbocycles. The second-order valence-corrected chi connectivity index (χ2v) is 5.95. The number of hydrogen-bond donors (Lipinski definition) is 1. The normalized spacial score (nSPS) is 12.3. The van der Waals surface area contributed by atoms with Crippen LogP contribution in [0.25, 0.3) is 10.6 Å². The van der Waals surface area contributed by atoms with Crippen molar-refractivity contribution in [2.75, 3.05) is 0 Å². The van der Waals surface area contributed by atoms with Gasteiger partial charge in [-0.2, -0.15) is 0 Å². The van der Waals surface area contributed by atoms with Gasteiger partial charge in [0.2, 0.25) is 0 Å². The lowest BCUT2D eigenvalue weighted by atomic mass is 10.1. The summed E-state index contributed by atoms with van der Waals surface area (Å²) in [6.45, 7) is 5.86. The highest BCUT2D eigenvalue weighted by Crippen LogP contribution is 2.28. The lowest BCUT2D eigenvalue weighted by Gasteiger charge is -2.06. The molecule has 1 atom stereocenters. The Kier molecular flexibility index (Phi) is 5.09. The predicted octanol–water partition coefficient (Wildman–Crippen LogP) is 3.67. The number of carboxylic acid groups (broad SMARTS) is 1. The van der Waals surface area contributed by atoms with Crippen LogP contribution in [0.3, 0.4) is 0 Å². The molecular formula is C16H19NO3S. The first-order valence-electron chi connectivity index (χ1n) is 6.91. The van der Waals surface area contributed by atoms with Gasteiger partial charge in [0.1, 0.15) is 5.01 Å². The molecule has 0 radical (unpaired) electrons. The van der Waals surface area contributed by atoms with Crippen molar-refractivity contribution in [2.24, 2.45) is 0 Å². The summed E-state index contributed by atoms with van der Waals surface area (Å²) in [5, 5.41) is 9.77. The molecule has 0 saturated heterocycles. The molecule has 112 valence electrons. The number of aromatic nitrogens is 1. The van der Waals surface area contributed by atoms with Gasteiger partial charge >= 0.3 is 5.97 Å². The molecule has 0 amide bonds. The average molecular weight is 305 g/mol. The molecule has 0 aliphatic heterocycles. The molecule has 1 aromatic heterocycles. The Balaban J connectivity index is 2.12. The maximum absolute atomic E-state index is 10.8. The molecule has 1 N–H and O–H groups in total. The van der Waals surface area contributed by atoms with Gasteiger partial charge in [-0.15, -0.1) is 11.3 Å². The standard InChI is InChI=1S/C16H19NO3S/c1-4-12-5-7-13(8-6-12)15-17-10(2)14(21-15)9-20-11(3)16(18)19/h5-8,11H,4,9H2,1-3H3,(H,18,19). The largest absolute Gasteiger partial charge is 0.479 e. The maximum Gasteiger partial charge on any atom is 0.332 e. The number of benzene rings is 1. The Morgan fingerprint density at radius 1 is 1.38 bits per heavy atom. The lowest BCUT2D eigenvalue weighted by molar-refractivity contribution is -0.149. The van der Waals surface area contributed by atoms with E-state index in [2.05, 4.69) is 36.2 Å². The molecule has 0 spiro atoms. The van der Waals surface area contributed by atoms with Gasteiger partial charge in [0, 0.05) is 5.56 Å². The van der Waals surface area contributed by atoms with Gasteiger partial charge in [0.05, 0.1) is 17.2 Å². The van der Waals surface area contributed by atoms with Crippen LogP contribution in [0.4, 0.5) is 0 Å². The SMILES string of the molecule is CCc1ccc(-c2nc(C)c(COC(C)C(=O)O)s2)cc1. The fraction of sp³-hybridized carbons (Fsp3) is 0.375. The molecule has 2 aromatic rings. The molecular weight excluding hydrogens is 286 g/mol. The van der Waals surface area contributed by atoms with Gasteiger partial charge in [-0.3, -0.25) is 0 Å². The molecule has 2 rings (SSSR count). The van der Waals surface area contributed by atoms with Crippen molar-refractivity contribution in [1.82, 2.24) is 4.98 Å². The second kappa shape index (κ2) is 6.83. The first kappa shape index (κ1) is 15.7. The fourth-order valence-corrected chi connectivity index (χ4v) is 2.83. The molecule has 1 heterocycles. The Hall–Kier alpha value is -1.72. The number of rotatable bonds is 6. The van der Waals surface area contributed by atoms with Gasteiger partial charge in [-0.1, -0.05) is 31.2 Å². The summed E-state index contributed by atoms with van der Waals surface area (Å²) in [4.78, 5) is 16.3. The zero-order valence-corrected chi connectivity index (χ0v) is 13.2. The van der Waals surface area contributed by atoms with Crippen molar-refractivity contribution in [3.05, 3.63) is 40.4 Å². The number of nitrogens with zero attached hydrogens (tertiary/aromatic N) is 1. The van der Waals surface area contributed by atoms with Crippen molar-refractivity contribution in [3.8, 4) is 10.6 Å². The molecule has 0 aliphatic carbocycles. The summed E-state index contributed by atoms with van der Waals surface area (Å²) in [7, 11) is 0. The van der Waals surface area contributed by atoms with Crippen LogP contribution in [-0.4, -0.2) is 22.2 Å². The maximum atomic E-state index is 10.8. The molecule has 0 bridgehead atoms.